The Morgan fingerprint density at radius 2 is 1.94 bits per heavy atom. The highest BCUT2D eigenvalue weighted by molar-refractivity contribution is 5.55. The molecule has 1 atom stereocenters. The molecule has 4 heterocycles. The van der Waals surface area contributed by atoms with Gasteiger partial charge in [-0.1, -0.05) is 23.4 Å². The standard InChI is InChI=1S/C21H17F3N6O/c22-21(23,24)14-6-4-13(5-7-14)19-28-20(31-29-19)18-9-16-17(27-12-26-16)11-30(18)10-15-3-1-2-8-25-15/h1-8,12,18H,9-11H2,(H,26,27). The summed E-state index contributed by atoms with van der Waals surface area (Å²) in [6.45, 7) is 1.18. The summed E-state index contributed by atoms with van der Waals surface area (Å²) in [6.07, 6.45) is -0.421. The van der Waals surface area contributed by atoms with Crippen LogP contribution in [0.15, 0.2) is 59.5 Å². The van der Waals surface area contributed by atoms with E-state index in [-0.39, 0.29) is 11.9 Å². The first-order valence-electron chi connectivity index (χ1n) is 9.64. The summed E-state index contributed by atoms with van der Waals surface area (Å²) >= 11 is 0. The number of hydrogen-bond donors (Lipinski definition) is 1. The van der Waals surface area contributed by atoms with E-state index in [1.807, 2.05) is 18.2 Å². The van der Waals surface area contributed by atoms with E-state index in [0.717, 1.165) is 29.2 Å². The molecule has 31 heavy (non-hydrogen) atoms. The molecule has 0 bridgehead atoms. The highest BCUT2D eigenvalue weighted by atomic mass is 19.4. The van der Waals surface area contributed by atoms with Crippen LogP contribution in [0.5, 0.6) is 0 Å². The second-order valence-corrected chi connectivity index (χ2v) is 7.31. The number of rotatable bonds is 4. The van der Waals surface area contributed by atoms with Gasteiger partial charge in [-0.05, 0) is 24.3 Å². The number of nitrogens with zero attached hydrogens (tertiary/aromatic N) is 5. The van der Waals surface area contributed by atoms with Crippen LogP contribution in [0.3, 0.4) is 0 Å². The van der Waals surface area contributed by atoms with Gasteiger partial charge in [0.1, 0.15) is 0 Å². The zero-order valence-corrected chi connectivity index (χ0v) is 16.2. The van der Waals surface area contributed by atoms with E-state index in [1.54, 1.807) is 12.5 Å². The highest BCUT2D eigenvalue weighted by Crippen LogP contribution is 2.34. The van der Waals surface area contributed by atoms with Crippen LogP contribution in [0.1, 0.15) is 34.6 Å². The fraction of sp³-hybridized carbons (Fsp3) is 0.238. The number of imidazole rings is 1. The molecular weight excluding hydrogens is 409 g/mol. The van der Waals surface area contributed by atoms with Gasteiger partial charge in [0.2, 0.25) is 11.7 Å². The van der Waals surface area contributed by atoms with Crippen LogP contribution >= 0.6 is 0 Å². The molecule has 10 heteroatoms. The SMILES string of the molecule is FC(F)(F)c1ccc(-c2noc(C3Cc4nc[nH]c4CN3Cc3ccccn3)n2)cc1. The molecule has 1 N–H and O–H groups in total. The van der Waals surface area contributed by atoms with Crippen molar-refractivity contribution < 1.29 is 17.7 Å². The molecule has 1 aliphatic heterocycles. The maximum absolute atomic E-state index is 12.8. The van der Waals surface area contributed by atoms with E-state index in [0.29, 0.717) is 31.0 Å². The Bertz CT molecular complexity index is 1170. The van der Waals surface area contributed by atoms with Crippen LogP contribution in [-0.2, 0) is 25.7 Å². The molecule has 0 saturated heterocycles. The van der Waals surface area contributed by atoms with Crippen LogP contribution in [0, 0.1) is 0 Å². The lowest BCUT2D eigenvalue weighted by molar-refractivity contribution is -0.137. The molecule has 7 nitrogen and oxygen atoms in total. The van der Waals surface area contributed by atoms with Crippen molar-refractivity contribution in [3.8, 4) is 11.4 Å². The molecule has 1 aromatic carbocycles. The molecule has 4 aromatic rings. The largest absolute Gasteiger partial charge is 0.416 e. The number of H-pyrrole nitrogens is 1. The Balaban J connectivity index is 1.43. The summed E-state index contributed by atoms with van der Waals surface area (Å²) in [7, 11) is 0. The van der Waals surface area contributed by atoms with Gasteiger partial charge in [-0.25, -0.2) is 4.98 Å². The van der Waals surface area contributed by atoms with Crippen molar-refractivity contribution in [3.05, 3.63) is 83.5 Å². The Hall–Kier alpha value is -3.53. The minimum atomic E-state index is -4.39. The topological polar surface area (TPSA) is 83.7 Å². The van der Waals surface area contributed by atoms with Gasteiger partial charge in [0.25, 0.3) is 0 Å². The molecule has 0 fully saturated rings. The van der Waals surface area contributed by atoms with E-state index in [4.69, 9.17) is 4.52 Å². The van der Waals surface area contributed by atoms with Crippen LogP contribution in [0.4, 0.5) is 13.2 Å². The second-order valence-electron chi connectivity index (χ2n) is 7.31. The Morgan fingerprint density at radius 3 is 2.68 bits per heavy atom. The molecule has 1 unspecified atom stereocenters. The summed E-state index contributed by atoms with van der Waals surface area (Å²) in [5.74, 6) is 0.633. The summed E-state index contributed by atoms with van der Waals surface area (Å²) in [5.41, 5.74) is 2.58. The number of alkyl halides is 3. The predicted octanol–water partition coefficient (Wildman–Crippen LogP) is 4.17. The van der Waals surface area contributed by atoms with Crippen molar-refractivity contribution in [2.24, 2.45) is 0 Å². The van der Waals surface area contributed by atoms with E-state index >= 15 is 0 Å². The normalized spacial score (nSPS) is 16.9. The molecule has 3 aromatic heterocycles. The molecule has 1 aliphatic rings. The number of benzene rings is 1. The first kappa shape index (κ1) is 19.4. The fourth-order valence-electron chi connectivity index (χ4n) is 3.69. The zero-order chi connectivity index (χ0) is 21.4. The Kier molecular flexibility index (Phi) is 4.78. The molecule has 5 rings (SSSR count). The summed E-state index contributed by atoms with van der Waals surface area (Å²) in [5, 5.41) is 4.00. The first-order valence-corrected chi connectivity index (χ1v) is 9.64. The van der Waals surface area contributed by atoms with Crippen LogP contribution < -0.4 is 0 Å². The molecule has 0 amide bonds. The minimum Gasteiger partial charge on any atom is -0.347 e. The van der Waals surface area contributed by atoms with Crippen molar-refractivity contribution in [2.45, 2.75) is 31.7 Å². The quantitative estimate of drug-likeness (QED) is 0.527. The van der Waals surface area contributed by atoms with Gasteiger partial charge in [-0.2, -0.15) is 18.2 Å². The lowest BCUT2D eigenvalue weighted by atomic mass is 10.0. The average molecular weight is 426 g/mol. The third-order valence-corrected chi connectivity index (χ3v) is 5.28. The number of nitrogens with one attached hydrogen (secondary N) is 1. The molecular formula is C21H17F3N6O. The molecule has 0 saturated carbocycles. The summed E-state index contributed by atoms with van der Waals surface area (Å²) < 4.78 is 44.0. The van der Waals surface area contributed by atoms with Crippen LogP contribution in [0.2, 0.25) is 0 Å². The first-order chi connectivity index (χ1) is 15.0. The van der Waals surface area contributed by atoms with Crippen molar-refractivity contribution in [2.75, 3.05) is 0 Å². The van der Waals surface area contributed by atoms with E-state index in [1.165, 1.54) is 12.1 Å². The van der Waals surface area contributed by atoms with Crippen molar-refractivity contribution in [3.63, 3.8) is 0 Å². The summed E-state index contributed by atoms with van der Waals surface area (Å²) in [6, 6.07) is 10.2. The molecule has 158 valence electrons. The zero-order valence-electron chi connectivity index (χ0n) is 16.2. The monoisotopic (exact) mass is 426 g/mol. The van der Waals surface area contributed by atoms with Crippen LogP contribution in [0.25, 0.3) is 11.4 Å². The van der Waals surface area contributed by atoms with Gasteiger partial charge in [-0.15, -0.1) is 0 Å². The van der Waals surface area contributed by atoms with Crippen molar-refractivity contribution in [1.82, 2.24) is 30.0 Å². The predicted molar refractivity (Wildman–Crippen MR) is 103 cm³/mol. The summed E-state index contributed by atoms with van der Waals surface area (Å²) in [4.78, 5) is 18.6. The van der Waals surface area contributed by atoms with Gasteiger partial charge in [0, 0.05) is 31.3 Å². The van der Waals surface area contributed by atoms with Gasteiger partial charge in [0.05, 0.1) is 35.0 Å². The third-order valence-electron chi connectivity index (χ3n) is 5.28. The van der Waals surface area contributed by atoms with Gasteiger partial charge in [0.15, 0.2) is 0 Å². The van der Waals surface area contributed by atoms with Crippen molar-refractivity contribution >= 4 is 0 Å². The highest BCUT2D eigenvalue weighted by Gasteiger charge is 2.34. The second kappa shape index (κ2) is 7.62. The van der Waals surface area contributed by atoms with Gasteiger partial charge in [-0.3, -0.25) is 9.88 Å². The average Bonchev–Trinajstić information content (AvgIpc) is 3.43. The molecule has 0 spiro atoms. The smallest absolute Gasteiger partial charge is 0.347 e. The van der Waals surface area contributed by atoms with E-state index < -0.39 is 11.7 Å². The molecule has 0 aliphatic carbocycles. The van der Waals surface area contributed by atoms with Crippen molar-refractivity contribution in [1.29, 1.82) is 0 Å². The van der Waals surface area contributed by atoms with Gasteiger partial charge < -0.3 is 9.51 Å². The number of aromatic amines is 1. The lowest BCUT2D eigenvalue weighted by Crippen LogP contribution is -2.34. The minimum absolute atomic E-state index is 0.228. The number of hydrogen-bond acceptors (Lipinski definition) is 6. The fourth-order valence-corrected chi connectivity index (χ4v) is 3.69. The Labute approximate surface area is 175 Å². The van der Waals surface area contributed by atoms with E-state index in [2.05, 4.69) is 30.0 Å². The van der Waals surface area contributed by atoms with Gasteiger partial charge >= 0.3 is 6.18 Å². The van der Waals surface area contributed by atoms with E-state index in [9.17, 15) is 13.2 Å². The lowest BCUT2D eigenvalue weighted by Gasteiger charge is -2.32. The Morgan fingerprint density at radius 1 is 1.10 bits per heavy atom. The maximum atomic E-state index is 12.8. The number of pyridine rings is 1. The number of halogens is 3. The third kappa shape index (κ3) is 3.93. The number of fused-ring (bicyclic) bond motifs is 1. The molecule has 0 radical (unpaired) electrons. The number of aromatic nitrogens is 5. The van der Waals surface area contributed by atoms with Crippen LogP contribution in [-0.4, -0.2) is 30.0 Å². The maximum Gasteiger partial charge on any atom is 0.416 e.